The quantitative estimate of drug-likeness (QED) is 0.635. The molecule has 3 aromatic rings. The Balaban J connectivity index is 1.49. The second-order valence-electron chi connectivity index (χ2n) is 6.53. The summed E-state index contributed by atoms with van der Waals surface area (Å²) in [5, 5.41) is 17.4. The molecule has 0 spiro atoms. The van der Waals surface area contributed by atoms with Gasteiger partial charge in [-0.1, -0.05) is 12.1 Å². The highest BCUT2D eigenvalue weighted by Gasteiger charge is 2.22. The fourth-order valence-electron chi connectivity index (χ4n) is 3.32. The molecule has 0 atom stereocenters. The van der Waals surface area contributed by atoms with Crippen LogP contribution in [0.5, 0.6) is 0 Å². The average Bonchev–Trinajstić information content (AvgIpc) is 3.24. The predicted molar refractivity (Wildman–Crippen MR) is 109 cm³/mol. The number of nitriles is 1. The van der Waals surface area contributed by atoms with E-state index in [1.807, 2.05) is 35.1 Å². The number of carbonyl (C=O) groups excluding carboxylic acids is 1. The van der Waals surface area contributed by atoms with Crippen LogP contribution in [-0.4, -0.2) is 15.7 Å². The van der Waals surface area contributed by atoms with Gasteiger partial charge in [-0.3, -0.25) is 9.48 Å². The maximum Gasteiger partial charge on any atom is 0.256 e. The van der Waals surface area contributed by atoms with Gasteiger partial charge in [0.25, 0.3) is 5.91 Å². The number of thiophene rings is 1. The summed E-state index contributed by atoms with van der Waals surface area (Å²) in [6, 6.07) is 9.75. The van der Waals surface area contributed by atoms with Crippen LogP contribution in [0, 0.1) is 11.3 Å². The van der Waals surface area contributed by atoms with Crippen molar-refractivity contribution in [3.63, 3.8) is 0 Å². The molecular formula is C20H17BrN4OS. The van der Waals surface area contributed by atoms with Crippen molar-refractivity contribution in [2.24, 2.45) is 0 Å². The van der Waals surface area contributed by atoms with Crippen LogP contribution >= 0.6 is 27.3 Å². The van der Waals surface area contributed by atoms with E-state index in [9.17, 15) is 10.1 Å². The molecule has 1 N–H and O–H groups in total. The SMILES string of the molecule is N#Cc1c(NC(=O)c2ccc(Cn3cc(Br)cn3)cc2)sc2c1CCCC2. The molecule has 2 heterocycles. The van der Waals surface area contributed by atoms with Crippen LogP contribution < -0.4 is 5.32 Å². The van der Waals surface area contributed by atoms with E-state index in [0.29, 0.717) is 22.7 Å². The lowest BCUT2D eigenvalue weighted by Crippen LogP contribution is -2.12. The lowest BCUT2D eigenvalue weighted by Gasteiger charge is -2.09. The molecule has 0 aliphatic heterocycles. The number of aryl methyl sites for hydroxylation is 1. The largest absolute Gasteiger partial charge is 0.312 e. The van der Waals surface area contributed by atoms with E-state index >= 15 is 0 Å². The molecule has 4 rings (SSSR count). The number of benzene rings is 1. The van der Waals surface area contributed by atoms with Gasteiger partial charge in [0.05, 0.1) is 22.8 Å². The van der Waals surface area contributed by atoms with Crippen LogP contribution in [0.1, 0.15) is 44.8 Å². The predicted octanol–water partition coefficient (Wildman–Crippen LogP) is 4.76. The van der Waals surface area contributed by atoms with E-state index in [1.54, 1.807) is 17.5 Å². The standard InChI is InChI=1S/C20H17BrN4OS/c21-15-10-23-25(12-15)11-13-5-7-14(8-6-13)19(26)24-20-17(9-22)16-3-1-2-4-18(16)27-20/h5-8,10,12H,1-4,11H2,(H,24,26). The van der Waals surface area contributed by atoms with Gasteiger partial charge in [-0.2, -0.15) is 10.4 Å². The Morgan fingerprint density at radius 3 is 2.78 bits per heavy atom. The summed E-state index contributed by atoms with van der Waals surface area (Å²) in [4.78, 5) is 13.9. The smallest absolute Gasteiger partial charge is 0.256 e. The monoisotopic (exact) mass is 440 g/mol. The van der Waals surface area contributed by atoms with Gasteiger partial charge in [-0.05, 0) is 64.9 Å². The zero-order valence-electron chi connectivity index (χ0n) is 14.5. The van der Waals surface area contributed by atoms with E-state index in [0.717, 1.165) is 41.3 Å². The molecule has 1 aromatic carbocycles. The molecule has 0 saturated carbocycles. The number of fused-ring (bicyclic) bond motifs is 1. The maximum atomic E-state index is 12.6. The molecule has 136 valence electrons. The van der Waals surface area contributed by atoms with Crippen LogP contribution in [0.4, 0.5) is 5.00 Å². The molecule has 0 radical (unpaired) electrons. The van der Waals surface area contributed by atoms with Gasteiger partial charge >= 0.3 is 0 Å². The lowest BCUT2D eigenvalue weighted by molar-refractivity contribution is 0.102. The Hall–Kier alpha value is -2.43. The number of hydrogen-bond donors (Lipinski definition) is 1. The number of nitrogens with zero attached hydrogens (tertiary/aromatic N) is 3. The van der Waals surface area contributed by atoms with Crippen LogP contribution in [0.15, 0.2) is 41.1 Å². The second-order valence-corrected chi connectivity index (χ2v) is 8.55. The van der Waals surface area contributed by atoms with E-state index in [1.165, 1.54) is 4.88 Å². The normalized spacial score (nSPS) is 13.0. The van der Waals surface area contributed by atoms with Crippen molar-refractivity contribution in [1.29, 1.82) is 5.26 Å². The van der Waals surface area contributed by atoms with Gasteiger partial charge in [-0.25, -0.2) is 0 Å². The fraction of sp³-hybridized carbons (Fsp3) is 0.250. The lowest BCUT2D eigenvalue weighted by atomic mass is 9.96. The molecule has 0 fully saturated rings. The van der Waals surface area contributed by atoms with Crippen LogP contribution in [0.3, 0.4) is 0 Å². The minimum atomic E-state index is -0.182. The third-order valence-electron chi connectivity index (χ3n) is 4.67. The molecule has 2 aromatic heterocycles. The highest BCUT2D eigenvalue weighted by molar-refractivity contribution is 9.10. The summed E-state index contributed by atoms with van der Waals surface area (Å²) in [7, 11) is 0. The molecular weight excluding hydrogens is 424 g/mol. The first-order valence-electron chi connectivity index (χ1n) is 8.77. The van der Waals surface area contributed by atoms with Gasteiger partial charge in [0.15, 0.2) is 0 Å². The first-order chi connectivity index (χ1) is 13.1. The second kappa shape index (κ2) is 7.67. The number of aromatic nitrogens is 2. The van der Waals surface area contributed by atoms with Crippen molar-refractivity contribution in [3.8, 4) is 6.07 Å². The van der Waals surface area contributed by atoms with Crippen LogP contribution in [-0.2, 0) is 19.4 Å². The maximum absolute atomic E-state index is 12.6. The minimum absolute atomic E-state index is 0.182. The average molecular weight is 441 g/mol. The summed E-state index contributed by atoms with van der Waals surface area (Å²) in [5.41, 5.74) is 3.41. The molecule has 0 saturated heterocycles. The summed E-state index contributed by atoms with van der Waals surface area (Å²) < 4.78 is 2.76. The van der Waals surface area contributed by atoms with Crippen molar-refractivity contribution in [2.75, 3.05) is 5.32 Å². The molecule has 1 amide bonds. The third kappa shape index (κ3) is 3.82. The molecule has 7 heteroatoms. The van der Waals surface area contributed by atoms with Crippen molar-refractivity contribution in [1.82, 2.24) is 9.78 Å². The van der Waals surface area contributed by atoms with Gasteiger partial charge in [0.2, 0.25) is 0 Å². The Bertz CT molecular complexity index is 1030. The molecule has 0 bridgehead atoms. The number of rotatable bonds is 4. The Morgan fingerprint density at radius 2 is 2.07 bits per heavy atom. The molecule has 1 aliphatic carbocycles. The number of amides is 1. The topological polar surface area (TPSA) is 70.7 Å². The van der Waals surface area contributed by atoms with Crippen molar-refractivity contribution in [2.45, 2.75) is 32.2 Å². The zero-order chi connectivity index (χ0) is 18.8. The zero-order valence-corrected chi connectivity index (χ0v) is 16.9. The van der Waals surface area contributed by atoms with Crippen molar-refractivity contribution < 1.29 is 4.79 Å². The number of hydrogen-bond acceptors (Lipinski definition) is 4. The number of nitrogens with one attached hydrogen (secondary N) is 1. The Kier molecular flexibility index (Phi) is 5.10. The summed E-state index contributed by atoms with van der Waals surface area (Å²) >= 11 is 4.93. The number of halogens is 1. The summed E-state index contributed by atoms with van der Waals surface area (Å²) in [6.45, 7) is 0.643. The number of anilines is 1. The Morgan fingerprint density at radius 1 is 1.30 bits per heavy atom. The number of carbonyl (C=O) groups is 1. The first kappa shape index (κ1) is 18.0. The summed E-state index contributed by atoms with van der Waals surface area (Å²) in [5.74, 6) is -0.182. The van der Waals surface area contributed by atoms with Gasteiger partial charge in [0, 0.05) is 16.6 Å². The van der Waals surface area contributed by atoms with Crippen molar-refractivity contribution >= 4 is 38.2 Å². The van der Waals surface area contributed by atoms with Gasteiger partial charge < -0.3 is 5.32 Å². The first-order valence-corrected chi connectivity index (χ1v) is 10.4. The Labute approximate surface area is 169 Å². The molecule has 1 aliphatic rings. The highest BCUT2D eigenvalue weighted by Crippen LogP contribution is 2.37. The van der Waals surface area contributed by atoms with E-state index in [4.69, 9.17) is 0 Å². The van der Waals surface area contributed by atoms with E-state index in [2.05, 4.69) is 32.4 Å². The van der Waals surface area contributed by atoms with Crippen LogP contribution in [0.2, 0.25) is 0 Å². The molecule has 0 unspecified atom stereocenters. The minimum Gasteiger partial charge on any atom is -0.312 e. The van der Waals surface area contributed by atoms with Gasteiger partial charge in [0.1, 0.15) is 11.1 Å². The highest BCUT2D eigenvalue weighted by atomic mass is 79.9. The van der Waals surface area contributed by atoms with Crippen LogP contribution in [0.25, 0.3) is 0 Å². The summed E-state index contributed by atoms with van der Waals surface area (Å²) in [6.07, 6.45) is 7.85. The fourth-order valence-corrected chi connectivity index (χ4v) is 4.88. The van der Waals surface area contributed by atoms with E-state index < -0.39 is 0 Å². The molecule has 27 heavy (non-hydrogen) atoms. The van der Waals surface area contributed by atoms with E-state index in [-0.39, 0.29) is 5.91 Å². The third-order valence-corrected chi connectivity index (χ3v) is 6.29. The van der Waals surface area contributed by atoms with Crippen molar-refractivity contribution in [3.05, 3.63) is 68.3 Å². The van der Waals surface area contributed by atoms with Gasteiger partial charge in [-0.15, -0.1) is 11.3 Å². The molecule has 5 nitrogen and oxygen atoms in total.